The summed E-state index contributed by atoms with van der Waals surface area (Å²) in [6.45, 7) is 1.89. The van der Waals surface area contributed by atoms with Gasteiger partial charge >= 0.3 is 0 Å². The first-order valence-electron chi connectivity index (χ1n) is 7.63. The molecule has 3 rings (SSSR count). The number of sulfonamides is 1. The van der Waals surface area contributed by atoms with Crippen LogP contribution in [0.5, 0.6) is 0 Å². The van der Waals surface area contributed by atoms with Crippen molar-refractivity contribution >= 4 is 44.6 Å². The van der Waals surface area contributed by atoms with Crippen LogP contribution in [-0.2, 0) is 14.8 Å². The van der Waals surface area contributed by atoms with Gasteiger partial charge in [-0.1, -0.05) is 17.7 Å². The van der Waals surface area contributed by atoms with Crippen molar-refractivity contribution in [2.75, 3.05) is 11.9 Å². The van der Waals surface area contributed by atoms with Gasteiger partial charge in [0.2, 0.25) is 5.91 Å². The molecular formula is C16H16ClFN2O3S2. The van der Waals surface area contributed by atoms with Gasteiger partial charge in [-0.15, -0.1) is 11.3 Å². The average molecular weight is 403 g/mol. The maximum Gasteiger partial charge on any atom is 0.253 e. The van der Waals surface area contributed by atoms with Gasteiger partial charge < -0.3 is 5.32 Å². The molecule has 0 bridgehead atoms. The third-order valence-electron chi connectivity index (χ3n) is 4.06. The molecule has 0 radical (unpaired) electrons. The number of thiophene rings is 1. The Kier molecular flexibility index (Phi) is 5.15. The van der Waals surface area contributed by atoms with Crippen molar-refractivity contribution in [2.24, 2.45) is 0 Å². The van der Waals surface area contributed by atoms with Crippen LogP contribution in [0.25, 0.3) is 0 Å². The smallest absolute Gasteiger partial charge is 0.253 e. The van der Waals surface area contributed by atoms with Crippen molar-refractivity contribution in [3.63, 3.8) is 0 Å². The van der Waals surface area contributed by atoms with Crippen molar-refractivity contribution in [1.29, 1.82) is 0 Å². The predicted molar refractivity (Wildman–Crippen MR) is 96.0 cm³/mol. The molecule has 1 aromatic heterocycles. The molecule has 2 heterocycles. The molecule has 1 N–H and O–H groups in total. The zero-order chi connectivity index (χ0) is 18.2. The molecule has 5 nitrogen and oxygen atoms in total. The normalized spacial score (nSPS) is 18.4. The van der Waals surface area contributed by atoms with Crippen LogP contribution in [0, 0.1) is 12.7 Å². The fourth-order valence-corrected chi connectivity index (χ4v) is 6.01. The molecule has 9 heteroatoms. The topological polar surface area (TPSA) is 66.5 Å². The zero-order valence-electron chi connectivity index (χ0n) is 13.3. The third kappa shape index (κ3) is 3.72. The number of rotatable bonds is 4. The highest BCUT2D eigenvalue weighted by Gasteiger charge is 2.40. The Morgan fingerprint density at radius 3 is 2.76 bits per heavy atom. The maximum absolute atomic E-state index is 13.6. The molecule has 2 aromatic rings. The molecule has 0 saturated carbocycles. The van der Waals surface area contributed by atoms with E-state index in [0.29, 0.717) is 28.4 Å². The summed E-state index contributed by atoms with van der Waals surface area (Å²) < 4.78 is 40.8. The van der Waals surface area contributed by atoms with Crippen LogP contribution in [0.2, 0.25) is 4.34 Å². The molecule has 1 amide bonds. The molecule has 134 valence electrons. The summed E-state index contributed by atoms with van der Waals surface area (Å²) in [5.41, 5.74) is 0.772. The van der Waals surface area contributed by atoms with Crippen LogP contribution in [0.1, 0.15) is 18.4 Å². The molecule has 1 aliphatic heterocycles. The highest BCUT2D eigenvalue weighted by atomic mass is 35.5. The summed E-state index contributed by atoms with van der Waals surface area (Å²) in [6.07, 6.45) is 0.997. The van der Waals surface area contributed by atoms with Gasteiger partial charge in [-0.2, -0.15) is 4.31 Å². The van der Waals surface area contributed by atoms with Crippen LogP contribution in [-0.4, -0.2) is 31.2 Å². The van der Waals surface area contributed by atoms with Gasteiger partial charge in [0.25, 0.3) is 10.0 Å². The fourth-order valence-electron chi connectivity index (χ4n) is 2.74. The molecule has 1 aliphatic rings. The molecule has 0 aliphatic carbocycles. The van der Waals surface area contributed by atoms with E-state index in [-0.39, 0.29) is 10.8 Å². The Labute approximate surface area is 154 Å². The number of nitrogens with one attached hydrogen (secondary N) is 1. The Morgan fingerprint density at radius 1 is 1.36 bits per heavy atom. The summed E-state index contributed by atoms with van der Waals surface area (Å²) >= 11 is 6.79. The minimum atomic E-state index is -3.79. The number of carbonyl (C=O) groups is 1. The maximum atomic E-state index is 13.6. The molecule has 1 fully saturated rings. The van der Waals surface area contributed by atoms with E-state index < -0.39 is 27.8 Å². The largest absolute Gasteiger partial charge is 0.325 e. The third-order valence-corrected chi connectivity index (χ3v) is 7.66. The van der Waals surface area contributed by atoms with Crippen LogP contribution < -0.4 is 5.32 Å². The van der Waals surface area contributed by atoms with E-state index in [2.05, 4.69) is 5.32 Å². The summed E-state index contributed by atoms with van der Waals surface area (Å²) in [7, 11) is -3.79. The second-order valence-corrected chi connectivity index (χ2v) is 9.62. The van der Waals surface area contributed by atoms with E-state index in [4.69, 9.17) is 11.6 Å². The molecule has 1 aromatic carbocycles. The van der Waals surface area contributed by atoms with E-state index in [1.165, 1.54) is 22.5 Å². The molecule has 1 atom stereocenters. The second-order valence-electron chi connectivity index (χ2n) is 5.79. The monoisotopic (exact) mass is 402 g/mol. The molecular weight excluding hydrogens is 387 g/mol. The highest BCUT2D eigenvalue weighted by Crippen LogP contribution is 2.32. The van der Waals surface area contributed by atoms with Gasteiger partial charge in [0.15, 0.2) is 0 Å². The highest BCUT2D eigenvalue weighted by molar-refractivity contribution is 7.91. The first kappa shape index (κ1) is 18.3. The van der Waals surface area contributed by atoms with Gasteiger partial charge in [-0.25, -0.2) is 12.8 Å². The molecule has 1 saturated heterocycles. The number of halogens is 2. The van der Waals surface area contributed by atoms with Crippen LogP contribution in [0.15, 0.2) is 34.5 Å². The summed E-state index contributed by atoms with van der Waals surface area (Å²) in [4.78, 5) is 12.5. The Bertz CT molecular complexity index is 914. The zero-order valence-corrected chi connectivity index (χ0v) is 15.7. The summed E-state index contributed by atoms with van der Waals surface area (Å²) in [5, 5.41) is 2.60. The van der Waals surface area contributed by atoms with E-state index in [0.717, 1.165) is 11.3 Å². The number of hydrogen-bond donors (Lipinski definition) is 1. The van der Waals surface area contributed by atoms with Crippen LogP contribution in [0.3, 0.4) is 0 Å². The van der Waals surface area contributed by atoms with E-state index in [1.807, 2.05) is 0 Å². The van der Waals surface area contributed by atoms with E-state index >= 15 is 0 Å². The van der Waals surface area contributed by atoms with Gasteiger partial charge in [0.1, 0.15) is 16.1 Å². The number of aryl methyl sites for hydroxylation is 1. The van der Waals surface area contributed by atoms with Gasteiger partial charge in [-0.3, -0.25) is 4.79 Å². The molecule has 1 unspecified atom stereocenters. The average Bonchev–Trinajstić information content (AvgIpc) is 3.20. The van der Waals surface area contributed by atoms with Crippen LogP contribution in [0.4, 0.5) is 10.1 Å². The lowest BCUT2D eigenvalue weighted by Crippen LogP contribution is -2.42. The second kappa shape index (κ2) is 7.03. The van der Waals surface area contributed by atoms with E-state index in [9.17, 15) is 17.6 Å². The molecule has 0 spiro atoms. The Balaban J connectivity index is 1.81. The number of benzene rings is 1. The standard InChI is InChI=1S/C16H16ClFN2O3S2/c1-10-4-5-11(9-12(10)18)19-16(21)13-3-2-8-20(13)25(22,23)15-7-6-14(17)24-15/h4-7,9,13H,2-3,8H2,1H3,(H,19,21). The van der Waals surface area contributed by atoms with E-state index in [1.54, 1.807) is 19.1 Å². The quantitative estimate of drug-likeness (QED) is 0.848. The van der Waals surface area contributed by atoms with Crippen molar-refractivity contribution in [1.82, 2.24) is 4.31 Å². The van der Waals surface area contributed by atoms with Crippen molar-refractivity contribution in [3.05, 3.63) is 46.0 Å². The minimum Gasteiger partial charge on any atom is -0.325 e. The van der Waals surface area contributed by atoms with Gasteiger partial charge in [0, 0.05) is 12.2 Å². The first-order valence-corrected chi connectivity index (χ1v) is 10.3. The number of hydrogen-bond acceptors (Lipinski definition) is 4. The SMILES string of the molecule is Cc1ccc(NC(=O)C2CCCN2S(=O)(=O)c2ccc(Cl)s2)cc1F. The van der Waals surface area contributed by atoms with Gasteiger partial charge in [0.05, 0.1) is 4.34 Å². The Morgan fingerprint density at radius 2 is 2.12 bits per heavy atom. The lowest BCUT2D eigenvalue weighted by Gasteiger charge is -2.22. The summed E-state index contributed by atoms with van der Waals surface area (Å²) in [5.74, 6) is -0.895. The fraction of sp³-hybridized carbons (Fsp3) is 0.312. The van der Waals surface area contributed by atoms with Crippen molar-refractivity contribution in [2.45, 2.75) is 30.0 Å². The van der Waals surface area contributed by atoms with Crippen molar-refractivity contribution in [3.8, 4) is 0 Å². The Hall–Kier alpha value is -1.48. The van der Waals surface area contributed by atoms with Crippen molar-refractivity contribution < 1.29 is 17.6 Å². The minimum absolute atomic E-state index is 0.110. The summed E-state index contributed by atoms with van der Waals surface area (Å²) in [6, 6.07) is 6.49. The lowest BCUT2D eigenvalue weighted by molar-refractivity contribution is -0.119. The van der Waals surface area contributed by atoms with Crippen LogP contribution >= 0.6 is 22.9 Å². The predicted octanol–water partition coefficient (Wildman–Crippen LogP) is 3.64. The number of anilines is 1. The number of nitrogens with zero attached hydrogens (tertiary/aromatic N) is 1. The molecule has 25 heavy (non-hydrogen) atoms. The number of amides is 1. The first-order chi connectivity index (χ1) is 11.8. The van der Waals surface area contributed by atoms with Gasteiger partial charge in [-0.05, 0) is 49.6 Å². The number of carbonyl (C=O) groups excluding carboxylic acids is 1. The lowest BCUT2D eigenvalue weighted by atomic mass is 10.2.